The topological polar surface area (TPSA) is 68.7 Å². The highest BCUT2D eigenvalue weighted by Crippen LogP contribution is 2.36. The maximum absolute atomic E-state index is 13.4. The van der Waals surface area contributed by atoms with Crippen LogP contribution >= 0.6 is 11.3 Å². The fourth-order valence-corrected chi connectivity index (χ4v) is 6.40. The van der Waals surface area contributed by atoms with Gasteiger partial charge in [-0.3, -0.25) is 0 Å². The average Bonchev–Trinajstić information content (AvgIpc) is 3.20. The van der Waals surface area contributed by atoms with Crippen LogP contribution in [0.5, 0.6) is 11.5 Å². The van der Waals surface area contributed by atoms with Crippen LogP contribution in [0.3, 0.4) is 0 Å². The molecule has 4 rings (SSSR count). The number of sulfonamides is 1. The van der Waals surface area contributed by atoms with Crippen molar-refractivity contribution in [1.29, 1.82) is 0 Å². The summed E-state index contributed by atoms with van der Waals surface area (Å²) in [5.74, 6) is 1.13. The number of piperidine rings is 1. The second-order valence-corrected chi connectivity index (χ2v) is 10.2. The highest BCUT2D eigenvalue weighted by Gasteiger charge is 2.32. The number of benzene rings is 2. The quantitative estimate of drug-likeness (QED) is 0.528. The van der Waals surface area contributed by atoms with Gasteiger partial charge >= 0.3 is 0 Å². The maximum Gasteiger partial charge on any atom is 0.243 e. The minimum Gasteiger partial charge on any atom is -0.490 e. The lowest BCUT2D eigenvalue weighted by Gasteiger charge is -2.31. The molecule has 1 aliphatic rings. The number of nitrogens with zero attached hydrogens (tertiary/aromatic N) is 2. The Labute approximate surface area is 181 Å². The number of hydrogen-bond acceptors (Lipinski definition) is 6. The normalized spacial score (nSPS) is 17.9. The van der Waals surface area contributed by atoms with Gasteiger partial charge in [0.05, 0.1) is 33.3 Å². The first-order valence-electron chi connectivity index (χ1n) is 10.3. The fourth-order valence-electron chi connectivity index (χ4n) is 3.77. The smallest absolute Gasteiger partial charge is 0.243 e. The number of thiazole rings is 1. The SMILES string of the molecule is CCOc1ccc(S(=O)(=O)N2CCC[C@H](c3nc4ccccc4s3)C2)cc1OCC. The van der Waals surface area contributed by atoms with E-state index in [4.69, 9.17) is 14.5 Å². The molecule has 0 bridgehead atoms. The molecule has 1 aromatic heterocycles. The van der Waals surface area contributed by atoms with E-state index in [1.54, 1.807) is 33.8 Å². The zero-order valence-electron chi connectivity index (χ0n) is 17.2. The van der Waals surface area contributed by atoms with Crippen molar-refractivity contribution >= 4 is 31.6 Å². The van der Waals surface area contributed by atoms with E-state index in [0.29, 0.717) is 37.8 Å². The van der Waals surface area contributed by atoms with Crippen molar-refractivity contribution in [2.24, 2.45) is 0 Å². The fraction of sp³-hybridized carbons (Fsp3) is 0.409. The molecule has 30 heavy (non-hydrogen) atoms. The molecule has 0 amide bonds. The van der Waals surface area contributed by atoms with Crippen LogP contribution in [0.1, 0.15) is 37.6 Å². The maximum atomic E-state index is 13.4. The van der Waals surface area contributed by atoms with Gasteiger partial charge in [-0.1, -0.05) is 12.1 Å². The molecule has 2 aromatic carbocycles. The Hall–Kier alpha value is -2.16. The molecule has 0 aliphatic carbocycles. The lowest BCUT2D eigenvalue weighted by atomic mass is 10.0. The lowest BCUT2D eigenvalue weighted by Crippen LogP contribution is -2.39. The van der Waals surface area contributed by atoms with Crippen LogP contribution in [0.4, 0.5) is 0 Å². The van der Waals surface area contributed by atoms with Crippen LogP contribution < -0.4 is 9.47 Å². The van der Waals surface area contributed by atoms with E-state index in [-0.39, 0.29) is 10.8 Å². The number of rotatable bonds is 7. The van der Waals surface area contributed by atoms with E-state index in [9.17, 15) is 8.42 Å². The largest absolute Gasteiger partial charge is 0.490 e. The Kier molecular flexibility index (Phi) is 6.26. The first kappa shape index (κ1) is 21.1. The van der Waals surface area contributed by atoms with Crippen LogP contribution in [-0.4, -0.2) is 44.0 Å². The van der Waals surface area contributed by atoms with Gasteiger partial charge < -0.3 is 9.47 Å². The van der Waals surface area contributed by atoms with E-state index in [0.717, 1.165) is 28.1 Å². The Morgan fingerprint density at radius 1 is 1.10 bits per heavy atom. The standard InChI is InChI=1S/C22H26N2O4S2/c1-3-27-19-12-11-17(14-20(19)28-4-2)30(25,26)24-13-7-8-16(15-24)22-23-18-9-5-6-10-21(18)29-22/h5-6,9-12,14,16H,3-4,7-8,13,15H2,1-2H3/t16-/m0/s1. The van der Waals surface area contributed by atoms with Crippen LogP contribution in [0.25, 0.3) is 10.2 Å². The number of aromatic nitrogens is 1. The van der Waals surface area contributed by atoms with Gasteiger partial charge in [-0.05, 0) is 51.0 Å². The van der Waals surface area contributed by atoms with Gasteiger partial charge in [-0.25, -0.2) is 13.4 Å². The Balaban J connectivity index is 1.59. The third-order valence-corrected chi connectivity index (χ3v) is 8.26. The van der Waals surface area contributed by atoms with Crippen molar-refractivity contribution in [2.45, 2.75) is 37.5 Å². The van der Waals surface area contributed by atoms with Gasteiger partial charge in [0.1, 0.15) is 0 Å². The number of fused-ring (bicyclic) bond motifs is 1. The first-order chi connectivity index (χ1) is 14.5. The van der Waals surface area contributed by atoms with Gasteiger partial charge in [0.15, 0.2) is 11.5 Å². The number of hydrogen-bond donors (Lipinski definition) is 0. The van der Waals surface area contributed by atoms with E-state index in [2.05, 4.69) is 6.07 Å². The molecule has 1 aliphatic heterocycles. The third-order valence-electron chi connectivity index (χ3n) is 5.20. The molecule has 0 N–H and O–H groups in total. The van der Waals surface area contributed by atoms with Gasteiger partial charge in [-0.15, -0.1) is 11.3 Å². The van der Waals surface area contributed by atoms with Gasteiger partial charge in [0.25, 0.3) is 0 Å². The van der Waals surface area contributed by atoms with Crippen molar-refractivity contribution in [3.8, 4) is 11.5 Å². The molecule has 1 saturated heterocycles. The summed E-state index contributed by atoms with van der Waals surface area (Å²) in [7, 11) is -3.63. The van der Waals surface area contributed by atoms with Crippen molar-refractivity contribution in [3.05, 3.63) is 47.5 Å². The van der Waals surface area contributed by atoms with Gasteiger partial charge in [-0.2, -0.15) is 4.31 Å². The minimum absolute atomic E-state index is 0.111. The Bertz CT molecular complexity index is 1090. The predicted molar refractivity (Wildman–Crippen MR) is 119 cm³/mol. The molecule has 6 nitrogen and oxygen atoms in total. The highest BCUT2D eigenvalue weighted by molar-refractivity contribution is 7.89. The van der Waals surface area contributed by atoms with Crippen LogP contribution in [0, 0.1) is 0 Å². The van der Waals surface area contributed by atoms with E-state index in [1.807, 2.05) is 32.0 Å². The van der Waals surface area contributed by atoms with Crippen LogP contribution in [-0.2, 0) is 10.0 Å². The first-order valence-corrected chi connectivity index (χ1v) is 12.5. The van der Waals surface area contributed by atoms with Crippen LogP contribution in [0.2, 0.25) is 0 Å². The molecule has 1 atom stereocenters. The third kappa shape index (κ3) is 4.17. The Morgan fingerprint density at radius 3 is 2.63 bits per heavy atom. The number of ether oxygens (including phenoxy) is 2. The van der Waals surface area contributed by atoms with E-state index in [1.165, 1.54) is 0 Å². The highest BCUT2D eigenvalue weighted by atomic mass is 32.2. The summed E-state index contributed by atoms with van der Waals surface area (Å²) in [5.41, 5.74) is 0.977. The summed E-state index contributed by atoms with van der Waals surface area (Å²) in [6, 6.07) is 12.9. The summed E-state index contributed by atoms with van der Waals surface area (Å²) < 4.78 is 40.7. The molecule has 0 saturated carbocycles. The average molecular weight is 447 g/mol. The second-order valence-electron chi connectivity index (χ2n) is 7.20. The molecule has 2 heterocycles. The molecule has 0 radical (unpaired) electrons. The van der Waals surface area contributed by atoms with Crippen molar-refractivity contribution in [1.82, 2.24) is 9.29 Å². The summed E-state index contributed by atoms with van der Waals surface area (Å²) in [4.78, 5) is 4.99. The lowest BCUT2D eigenvalue weighted by molar-refractivity contribution is 0.286. The van der Waals surface area contributed by atoms with Gasteiger partial charge in [0, 0.05) is 25.1 Å². The van der Waals surface area contributed by atoms with Crippen molar-refractivity contribution in [2.75, 3.05) is 26.3 Å². The van der Waals surface area contributed by atoms with Crippen molar-refractivity contribution < 1.29 is 17.9 Å². The summed E-state index contributed by atoms with van der Waals surface area (Å²) in [6.07, 6.45) is 1.76. The molecule has 8 heteroatoms. The summed E-state index contributed by atoms with van der Waals surface area (Å²) in [6.45, 7) is 5.63. The molecule has 3 aromatic rings. The zero-order valence-corrected chi connectivity index (χ0v) is 18.8. The van der Waals surface area contributed by atoms with Gasteiger partial charge in [0.2, 0.25) is 10.0 Å². The monoisotopic (exact) mass is 446 g/mol. The molecular weight excluding hydrogens is 420 g/mol. The zero-order chi connectivity index (χ0) is 21.1. The molecule has 1 fully saturated rings. The van der Waals surface area contributed by atoms with Crippen LogP contribution in [0.15, 0.2) is 47.4 Å². The molecule has 0 unspecified atom stereocenters. The van der Waals surface area contributed by atoms with Crippen molar-refractivity contribution in [3.63, 3.8) is 0 Å². The minimum atomic E-state index is -3.63. The van der Waals surface area contributed by atoms with E-state index < -0.39 is 10.0 Å². The molecule has 0 spiro atoms. The summed E-state index contributed by atoms with van der Waals surface area (Å²) in [5, 5.41) is 1.01. The molecule has 160 valence electrons. The summed E-state index contributed by atoms with van der Waals surface area (Å²) >= 11 is 1.66. The predicted octanol–water partition coefficient (Wildman–Crippen LogP) is 4.66. The molecular formula is C22H26N2O4S2. The Morgan fingerprint density at radius 2 is 1.87 bits per heavy atom. The van der Waals surface area contributed by atoms with E-state index >= 15 is 0 Å². The second kappa shape index (κ2) is 8.91. The number of para-hydroxylation sites is 1.